The highest BCUT2D eigenvalue weighted by Crippen LogP contribution is 2.39. The molecule has 10 rings (SSSR count). The first kappa shape index (κ1) is 26.6. The van der Waals surface area contributed by atoms with Crippen LogP contribution in [0.4, 0.5) is 0 Å². The molecule has 0 aliphatic heterocycles. The Balaban J connectivity index is 1.15. The lowest BCUT2D eigenvalue weighted by molar-refractivity contribution is 0.669. The van der Waals surface area contributed by atoms with Crippen molar-refractivity contribution in [3.05, 3.63) is 152 Å². The molecule has 0 fully saturated rings. The fourth-order valence-electron chi connectivity index (χ4n) is 6.84. The van der Waals surface area contributed by atoms with E-state index in [0.717, 1.165) is 94.1 Å². The van der Waals surface area contributed by atoms with Gasteiger partial charge in [0.1, 0.15) is 22.3 Å². The summed E-state index contributed by atoms with van der Waals surface area (Å²) in [7, 11) is 0. The van der Waals surface area contributed by atoms with Crippen LogP contribution in [-0.4, -0.2) is 15.0 Å². The average molecular weight is 616 g/mol. The van der Waals surface area contributed by atoms with Gasteiger partial charge in [-0.2, -0.15) is 0 Å². The maximum absolute atomic E-state index is 6.29. The Morgan fingerprint density at radius 3 is 1.83 bits per heavy atom. The fourth-order valence-corrected chi connectivity index (χ4v) is 6.84. The molecule has 48 heavy (non-hydrogen) atoms. The van der Waals surface area contributed by atoms with E-state index in [1.54, 1.807) is 0 Å². The quantitative estimate of drug-likeness (QED) is 0.197. The molecule has 0 unspecified atom stereocenters. The lowest BCUT2D eigenvalue weighted by Gasteiger charge is -2.11. The summed E-state index contributed by atoms with van der Waals surface area (Å²) in [5.74, 6) is 0.668. The minimum atomic E-state index is 0.668. The third-order valence-electron chi connectivity index (χ3n) is 9.11. The molecule has 224 valence electrons. The van der Waals surface area contributed by atoms with E-state index in [4.69, 9.17) is 23.8 Å². The molecular formula is C43H25N3O2. The number of nitrogens with zero attached hydrogens (tertiary/aromatic N) is 3. The highest BCUT2D eigenvalue weighted by atomic mass is 16.3. The summed E-state index contributed by atoms with van der Waals surface area (Å²) in [6, 6.07) is 51.4. The summed E-state index contributed by atoms with van der Waals surface area (Å²) in [4.78, 5) is 15.4. The van der Waals surface area contributed by atoms with Crippen LogP contribution in [0.25, 0.3) is 99.9 Å². The van der Waals surface area contributed by atoms with Gasteiger partial charge in [-0.3, -0.25) is 0 Å². The molecule has 10 aromatic rings. The Morgan fingerprint density at radius 2 is 1.02 bits per heavy atom. The van der Waals surface area contributed by atoms with Crippen LogP contribution in [-0.2, 0) is 0 Å². The van der Waals surface area contributed by atoms with E-state index >= 15 is 0 Å². The second-order valence-corrected chi connectivity index (χ2v) is 12.0. The van der Waals surface area contributed by atoms with Gasteiger partial charge in [0.15, 0.2) is 11.4 Å². The molecule has 0 aliphatic rings. The van der Waals surface area contributed by atoms with Crippen molar-refractivity contribution in [3.8, 4) is 45.2 Å². The topological polar surface area (TPSA) is 65.0 Å². The van der Waals surface area contributed by atoms with Crippen LogP contribution in [0, 0.1) is 0 Å². The Morgan fingerprint density at radius 1 is 0.396 bits per heavy atom. The van der Waals surface area contributed by atoms with E-state index in [1.165, 1.54) is 0 Å². The summed E-state index contributed by atoms with van der Waals surface area (Å²) in [6.07, 6.45) is 0. The zero-order chi connectivity index (χ0) is 31.6. The molecule has 5 nitrogen and oxygen atoms in total. The predicted octanol–water partition coefficient (Wildman–Crippen LogP) is 11.5. The van der Waals surface area contributed by atoms with Gasteiger partial charge >= 0.3 is 0 Å². The molecule has 4 heterocycles. The maximum atomic E-state index is 6.29. The maximum Gasteiger partial charge on any atom is 0.161 e. The Hall–Kier alpha value is -6.59. The predicted molar refractivity (Wildman–Crippen MR) is 194 cm³/mol. The van der Waals surface area contributed by atoms with Crippen molar-refractivity contribution in [2.45, 2.75) is 0 Å². The molecule has 6 aromatic carbocycles. The summed E-state index contributed by atoms with van der Waals surface area (Å²) in [5, 5.41) is 5.22. The van der Waals surface area contributed by atoms with E-state index in [2.05, 4.69) is 60.7 Å². The number of pyridine rings is 1. The van der Waals surface area contributed by atoms with Gasteiger partial charge in [-0.15, -0.1) is 0 Å². The van der Waals surface area contributed by atoms with E-state index in [1.807, 2.05) is 91.0 Å². The van der Waals surface area contributed by atoms with Crippen molar-refractivity contribution in [1.82, 2.24) is 15.0 Å². The standard InChI is InChI=1S/C43H25N3O2/c1-2-11-28(12-3-1)43-44-34(25-35(45-43)31-17-10-20-38-39(31)32-15-6-8-18-36(32)47-38)26-21-23-27(24-22-26)40-29-13-4-5-14-30(29)42-41(46-40)33-16-7-9-19-37(33)48-42/h1-25H. The van der Waals surface area contributed by atoms with E-state index in [-0.39, 0.29) is 0 Å². The summed E-state index contributed by atoms with van der Waals surface area (Å²) in [5.41, 5.74) is 10.8. The minimum absolute atomic E-state index is 0.668. The van der Waals surface area contributed by atoms with Crippen LogP contribution in [0.3, 0.4) is 0 Å². The van der Waals surface area contributed by atoms with Crippen molar-refractivity contribution in [3.63, 3.8) is 0 Å². The van der Waals surface area contributed by atoms with Crippen LogP contribution >= 0.6 is 0 Å². The molecule has 0 amide bonds. The first-order valence-electron chi connectivity index (χ1n) is 15.9. The van der Waals surface area contributed by atoms with Crippen LogP contribution in [0.5, 0.6) is 0 Å². The van der Waals surface area contributed by atoms with Gasteiger partial charge in [-0.05, 0) is 30.3 Å². The Labute approximate surface area is 274 Å². The van der Waals surface area contributed by atoms with Gasteiger partial charge in [0.2, 0.25) is 0 Å². The average Bonchev–Trinajstić information content (AvgIpc) is 3.73. The number of para-hydroxylation sites is 2. The zero-order valence-electron chi connectivity index (χ0n) is 25.6. The first-order valence-corrected chi connectivity index (χ1v) is 15.9. The molecule has 0 aliphatic carbocycles. The summed E-state index contributed by atoms with van der Waals surface area (Å²) >= 11 is 0. The highest BCUT2D eigenvalue weighted by Gasteiger charge is 2.18. The Bertz CT molecular complexity index is 2830. The van der Waals surface area contributed by atoms with Gasteiger partial charge in [0.05, 0.1) is 17.1 Å². The minimum Gasteiger partial charge on any atom is -0.456 e. The van der Waals surface area contributed by atoms with E-state index in [0.29, 0.717) is 5.82 Å². The van der Waals surface area contributed by atoms with Crippen molar-refractivity contribution in [2.75, 3.05) is 0 Å². The number of rotatable bonds is 4. The Kier molecular flexibility index (Phi) is 5.81. The van der Waals surface area contributed by atoms with Gasteiger partial charge in [0.25, 0.3) is 0 Å². The number of fused-ring (bicyclic) bond motifs is 8. The van der Waals surface area contributed by atoms with Crippen molar-refractivity contribution >= 4 is 54.8 Å². The summed E-state index contributed by atoms with van der Waals surface area (Å²) in [6.45, 7) is 0. The molecule has 0 radical (unpaired) electrons. The van der Waals surface area contributed by atoms with Gasteiger partial charge in [-0.1, -0.05) is 121 Å². The molecular weight excluding hydrogens is 590 g/mol. The second-order valence-electron chi connectivity index (χ2n) is 12.0. The highest BCUT2D eigenvalue weighted by molar-refractivity contribution is 6.16. The third kappa shape index (κ3) is 4.15. The third-order valence-corrected chi connectivity index (χ3v) is 9.11. The SMILES string of the molecule is c1ccc(-c2nc(-c3ccc(-c4nc5c6ccccc6oc5c5ccccc45)cc3)cc(-c3cccc4oc5ccccc5c34)n2)cc1. The smallest absolute Gasteiger partial charge is 0.161 e. The van der Waals surface area contributed by atoms with Crippen molar-refractivity contribution < 1.29 is 8.83 Å². The number of hydrogen-bond acceptors (Lipinski definition) is 5. The van der Waals surface area contributed by atoms with Crippen LogP contribution in [0.1, 0.15) is 0 Å². The van der Waals surface area contributed by atoms with Gasteiger partial charge in [0, 0.05) is 49.2 Å². The molecule has 0 N–H and O–H groups in total. The molecule has 0 atom stereocenters. The van der Waals surface area contributed by atoms with E-state index in [9.17, 15) is 0 Å². The van der Waals surface area contributed by atoms with Crippen molar-refractivity contribution in [1.29, 1.82) is 0 Å². The molecule has 0 spiro atoms. The second kappa shape index (κ2) is 10.5. The van der Waals surface area contributed by atoms with Crippen molar-refractivity contribution in [2.24, 2.45) is 0 Å². The van der Waals surface area contributed by atoms with Gasteiger partial charge < -0.3 is 8.83 Å². The van der Waals surface area contributed by atoms with Crippen LogP contribution in [0.15, 0.2) is 160 Å². The normalized spacial score (nSPS) is 11.8. The number of furan rings is 2. The molecule has 0 saturated carbocycles. The first-order chi connectivity index (χ1) is 23.8. The molecule has 4 aromatic heterocycles. The van der Waals surface area contributed by atoms with Crippen LogP contribution in [0.2, 0.25) is 0 Å². The molecule has 0 saturated heterocycles. The number of benzene rings is 6. The largest absolute Gasteiger partial charge is 0.456 e. The zero-order valence-corrected chi connectivity index (χ0v) is 25.6. The summed E-state index contributed by atoms with van der Waals surface area (Å²) < 4.78 is 12.5. The fraction of sp³-hybridized carbons (Fsp3) is 0. The van der Waals surface area contributed by atoms with Crippen LogP contribution < -0.4 is 0 Å². The molecule has 0 bridgehead atoms. The molecule has 5 heteroatoms. The lowest BCUT2D eigenvalue weighted by atomic mass is 9.99. The lowest BCUT2D eigenvalue weighted by Crippen LogP contribution is -1.96. The van der Waals surface area contributed by atoms with Gasteiger partial charge in [-0.25, -0.2) is 15.0 Å². The monoisotopic (exact) mass is 615 g/mol. The number of hydrogen-bond donors (Lipinski definition) is 0. The van der Waals surface area contributed by atoms with E-state index < -0.39 is 0 Å². The number of aromatic nitrogens is 3.